The van der Waals surface area contributed by atoms with Crippen molar-refractivity contribution >= 4 is 38.9 Å². The van der Waals surface area contributed by atoms with E-state index < -0.39 is 4.92 Å². The molecule has 0 radical (unpaired) electrons. The Hall–Kier alpha value is -1.79. The van der Waals surface area contributed by atoms with E-state index in [1.807, 2.05) is 0 Å². The Balaban J connectivity index is 2.37. The third kappa shape index (κ3) is 3.40. The highest BCUT2D eigenvalue weighted by Crippen LogP contribution is 2.34. The van der Waals surface area contributed by atoms with Crippen molar-refractivity contribution in [1.82, 2.24) is 0 Å². The van der Waals surface area contributed by atoms with Gasteiger partial charge in [-0.1, -0.05) is 11.6 Å². The van der Waals surface area contributed by atoms with Crippen molar-refractivity contribution in [3.8, 4) is 11.5 Å². The summed E-state index contributed by atoms with van der Waals surface area (Å²) in [6.45, 7) is 0. The standard InChI is InChI=1S/C13H10BrClN2O3/c1-16-9-5-10(17(18)19)7-11(6-9)20-13-3-2-8(15)4-12(13)14/h2-7,16H,1H3. The quantitative estimate of drug-likeness (QED) is 0.628. The first-order valence-electron chi connectivity index (χ1n) is 5.60. The van der Waals surface area contributed by atoms with Gasteiger partial charge in [0, 0.05) is 29.9 Å². The normalized spacial score (nSPS) is 10.2. The summed E-state index contributed by atoms with van der Waals surface area (Å²) in [5.74, 6) is 0.892. The summed E-state index contributed by atoms with van der Waals surface area (Å²) < 4.78 is 6.32. The average Bonchev–Trinajstić information content (AvgIpc) is 2.41. The summed E-state index contributed by atoms with van der Waals surface area (Å²) in [4.78, 5) is 10.4. The molecule has 2 aromatic rings. The predicted molar refractivity (Wildman–Crippen MR) is 81.9 cm³/mol. The lowest BCUT2D eigenvalue weighted by molar-refractivity contribution is -0.384. The average molecular weight is 358 g/mol. The maximum atomic E-state index is 10.9. The number of non-ortho nitro benzene ring substituents is 1. The summed E-state index contributed by atoms with van der Waals surface area (Å²) in [5.41, 5.74) is 0.552. The summed E-state index contributed by atoms with van der Waals surface area (Å²) in [6, 6.07) is 9.52. The molecule has 0 saturated carbocycles. The van der Waals surface area contributed by atoms with Gasteiger partial charge < -0.3 is 10.1 Å². The summed E-state index contributed by atoms with van der Waals surface area (Å²) in [6.07, 6.45) is 0. The molecule has 0 unspecified atom stereocenters. The number of halogens is 2. The van der Waals surface area contributed by atoms with Crippen molar-refractivity contribution in [3.05, 3.63) is 56.0 Å². The lowest BCUT2D eigenvalue weighted by Gasteiger charge is -2.09. The lowest BCUT2D eigenvalue weighted by atomic mass is 10.2. The van der Waals surface area contributed by atoms with Gasteiger partial charge in [0.15, 0.2) is 0 Å². The highest BCUT2D eigenvalue weighted by atomic mass is 79.9. The molecule has 0 aliphatic carbocycles. The van der Waals surface area contributed by atoms with Gasteiger partial charge in [0.1, 0.15) is 11.5 Å². The minimum absolute atomic E-state index is 0.0445. The van der Waals surface area contributed by atoms with Crippen LogP contribution in [-0.2, 0) is 0 Å². The second-order valence-corrected chi connectivity index (χ2v) is 5.19. The second-order valence-electron chi connectivity index (χ2n) is 3.90. The van der Waals surface area contributed by atoms with Gasteiger partial charge >= 0.3 is 0 Å². The molecule has 0 bridgehead atoms. The van der Waals surface area contributed by atoms with Gasteiger partial charge in [0.05, 0.1) is 15.5 Å². The number of hydrogen-bond donors (Lipinski definition) is 1. The van der Waals surface area contributed by atoms with E-state index in [-0.39, 0.29) is 5.69 Å². The van der Waals surface area contributed by atoms with Gasteiger partial charge in [-0.2, -0.15) is 0 Å². The molecule has 1 N–H and O–H groups in total. The monoisotopic (exact) mass is 356 g/mol. The Labute approximate surface area is 128 Å². The van der Waals surface area contributed by atoms with Gasteiger partial charge in [-0.3, -0.25) is 10.1 Å². The van der Waals surface area contributed by atoms with Gasteiger partial charge in [0.25, 0.3) is 5.69 Å². The summed E-state index contributed by atoms with van der Waals surface area (Å²) in [7, 11) is 1.68. The molecular weight excluding hydrogens is 348 g/mol. The van der Waals surface area contributed by atoms with Crippen LogP contribution < -0.4 is 10.1 Å². The first-order valence-corrected chi connectivity index (χ1v) is 6.77. The maximum Gasteiger partial charge on any atom is 0.275 e. The number of anilines is 1. The molecule has 0 amide bonds. The van der Waals surface area contributed by atoms with Gasteiger partial charge in [-0.15, -0.1) is 0 Å². The molecule has 7 heteroatoms. The molecule has 0 atom stereocenters. The molecule has 2 rings (SSSR count). The third-order valence-electron chi connectivity index (χ3n) is 2.51. The van der Waals surface area contributed by atoms with Crippen LogP contribution >= 0.6 is 27.5 Å². The Morgan fingerprint density at radius 3 is 2.65 bits per heavy atom. The number of benzene rings is 2. The molecule has 0 aliphatic heterocycles. The highest BCUT2D eigenvalue weighted by molar-refractivity contribution is 9.10. The largest absolute Gasteiger partial charge is 0.456 e. The van der Waals surface area contributed by atoms with Crippen molar-refractivity contribution in [2.75, 3.05) is 12.4 Å². The van der Waals surface area contributed by atoms with Gasteiger partial charge in [0.2, 0.25) is 0 Å². The van der Waals surface area contributed by atoms with E-state index in [0.717, 1.165) is 0 Å². The number of nitrogens with zero attached hydrogens (tertiary/aromatic N) is 1. The summed E-state index contributed by atoms with van der Waals surface area (Å²) >= 11 is 9.18. The van der Waals surface area contributed by atoms with E-state index in [1.54, 1.807) is 31.3 Å². The predicted octanol–water partition coefficient (Wildman–Crippen LogP) is 4.84. The molecule has 2 aromatic carbocycles. The Morgan fingerprint density at radius 2 is 2.05 bits per heavy atom. The van der Waals surface area contributed by atoms with E-state index in [0.29, 0.717) is 26.7 Å². The van der Waals surface area contributed by atoms with E-state index in [4.69, 9.17) is 16.3 Å². The van der Waals surface area contributed by atoms with Crippen LogP contribution in [0.25, 0.3) is 0 Å². The molecule has 104 valence electrons. The molecule has 0 spiro atoms. The minimum Gasteiger partial charge on any atom is -0.456 e. The fraction of sp³-hybridized carbons (Fsp3) is 0.0769. The fourth-order valence-corrected chi connectivity index (χ4v) is 2.34. The fourth-order valence-electron chi connectivity index (χ4n) is 1.58. The maximum absolute atomic E-state index is 10.9. The number of ether oxygens (including phenoxy) is 1. The van der Waals surface area contributed by atoms with Gasteiger partial charge in [-0.25, -0.2) is 0 Å². The van der Waals surface area contributed by atoms with Crippen LogP contribution in [0.15, 0.2) is 40.9 Å². The van der Waals surface area contributed by atoms with Crippen molar-refractivity contribution in [3.63, 3.8) is 0 Å². The Kier molecular flexibility index (Phi) is 4.46. The number of rotatable bonds is 4. The van der Waals surface area contributed by atoms with Crippen molar-refractivity contribution < 1.29 is 9.66 Å². The Morgan fingerprint density at radius 1 is 1.30 bits per heavy atom. The first kappa shape index (κ1) is 14.6. The number of hydrogen-bond acceptors (Lipinski definition) is 4. The summed E-state index contributed by atoms with van der Waals surface area (Å²) in [5, 5.41) is 14.3. The van der Waals surface area contributed by atoms with Crippen LogP contribution in [0.4, 0.5) is 11.4 Å². The highest BCUT2D eigenvalue weighted by Gasteiger charge is 2.12. The van der Waals surface area contributed by atoms with Crippen molar-refractivity contribution in [2.24, 2.45) is 0 Å². The molecule has 0 saturated heterocycles. The molecule has 0 aliphatic rings. The van der Waals surface area contributed by atoms with Crippen LogP contribution in [0, 0.1) is 10.1 Å². The zero-order valence-corrected chi connectivity index (χ0v) is 12.7. The number of nitro benzene ring substituents is 1. The van der Waals surface area contributed by atoms with Crippen LogP contribution in [-0.4, -0.2) is 12.0 Å². The molecule has 5 nitrogen and oxygen atoms in total. The van der Waals surface area contributed by atoms with Crippen LogP contribution in [0.1, 0.15) is 0 Å². The van der Waals surface area contributed by atoms with Gasteiger partial charge in [-0.05, 0) is 34.1 Å². The zero-order valence-electron chi connectivity index (χ0n) is 10.4. The SMILES string of the molecule is CNc1cc(Oc2ccc(Cl)cc2Br)cc([N+](=O)[O-])c1. The topological polar surface area (TPSA) is 64.4 Å². The molecule has 0 heterocycles. The van der Waals surface area contributed by atoms with Crippen LogP contribution in [0.3, 0.4) is 0 Å². The molecule has 0 aromatic heterocycles. The van der Waals surface area contributed by atoms with E-state index in [2.05, 4.69) is 21.2 Å². The molecule has 0 fully saturated rings. The smallest absolute Gasteiger partial charge is 0.275 e. The van der Waals surface area contributed by atoms with Crippen molar-refractivity contribution in [2.45, 2.75) is 0 Å². The van der Waals surface area contributed by atoms with Crippen molar-refractivity contribution in [1.29, 1.82) is 0 Å². The second kappa shape index (κ2) is 6.11. The lowest BCUT2D eigenvalue weighted by Crippen LogP contribution is -1.94. The van der Waals surface area contributed by atoms with Crippen LogP contribution in [0.5, 0.6) is 11.5 Å². The number of nitrogens with one attached hydrogen (secondary N) is 1. The third-order valence-corrected chi connectivity index (χ3v) is 3.37. The van der Waals surface area contributed by atoms with E-state index >= 15 is 0 Å². The minimum atomic E-state index is -0.468. The van der Waals surface area contributed by atoms with Crippen LogP contribution in [0.2, 0.25) is 5.02 Å². The molecular formula is C13H10BrClN2O3. The Bertz CT molecular complexity index is 664. The van der Waals surface area contributed by atoms with E-state index in [9.17, 15) is 10.1 Å². The van der Waals surface area contributed by atoms with E-state index in [1.165, 1.54) is 12.1 Å². The zero-order chi connectivity index (χ0) is 14.7. The first-order chi connectivity index (χ1) is 9.49. The number of nitro groups is 1. The molecule has 20 heavy (non-hydrogen) atoms.